The summed E-state index contributed by atoms with van der Waals surface area (Å²) in [5.41, 5.74) is 0. The standard InChI is InChI=1S/C13H26N2OS/c1-13(2,3)17-10-9-14-12(16)15-11-7-5-4-6-8-11/h11H,4-10H2,1-3H3,(H2,14,15,16). The molecule has 1 aliphatic rings. The lowest BCUT2D eigenvalue weighted by Gasteiger charge is -2.23. The lowest BCUT2D eigenvalue weighted by atomic mass is 9.96. The molecule has 1 saturated carbocycles. The lowest BCUT2D eigenvalue weighted by molar-refractivity contribution is 0.233. The minimum atomic E-state index is 0.00593. The van der Waals surface area contributed by atoms with Crippen molar-refractivity contribution in [2.75, 3.05) is 12.3 Å². The average molecular weight is 258 g/mol. The van der Waals surface area contributed by atoms with Gasteiger partial charge in [0, 0.05) is 23.1 Å². The van der Waals surface area contributed by atoms with Crippen molar-refractivity contribution < 1.29 is 4.79 Å². The fraction of sp³-hybridized carbons (Fsp3) is 0.923. The van der Waals surface area contributed by atoms with E-state index < -0.39 is 0 Å². The zero-order valence-electron chi connectivity index (χ0n) is 11.3. The average Bonchev–Trinajstić information content (AvgIpc) is 2.25. The molecule has 3 nitrogen and oxygen atoms in total. The van der Waals surface area contributed by atoms with Gasteiger partial charge in [0.2, 0.25) is 0 Å². The summed E-state index contributed by atoms with van der Waals surface area (Å²) in [7, 11) is 0. The van der Waals surface area contributed by atoms with Gasteiger partial charge in [-0.05, 0) is 12.8 Å². The summed E-state index contributed by atoms with van der Waals surface area (Å²) in [6.07, 6.45) is 6.12. The van der Waals surface area contributed by atoms with Gasteiger partial charge in [0.25, 0.3) is 0 Å². The van der Waals surface area contributed by atoms with Crippen molar-refractivity contribution in [3.8, 4) is 0 Å². The first kappa shape index (κ1) is 14.7. The smallest absolute Gasteiger partial charge is 0.315 e. The molecule has 1 rings (SSSR count). The molecule has 0 unspecified atom stereocenters. The molecule has 0 aromatic carbocycles. The van der Waals surface area contributed by atoms with Gasteiger partial charge in [-0.1, -0.05) is 40.0 Å². The van der Waals surface area contributed by atoms with Crippen molar-refractivity contribution in [2.24, 2.45) is 0 Å². The van der Waals surface area contributed by atoms with Crippen LogP contribution in [0, 0.1) is 0 Å². The van der Waals surface area contributed by atoms with Gasteiger partial charge in [0.05, 0.1) is 0 Å². The van der Waals surface area contributed by atoms with Crippen LogP contribution in [0.1, 0.15) is 52.9 Å². The van der Waals surface area contributed by atoms with E-state index in [0.717, 1.165) is 25.1 Å². The van der Waals surface area contributed by atoms with E-state index in [1.165, 1.54) is 19.3 Å². The van der Waals surface area contributed by atoms with Crippen LogP contribution in [0.5, 0.6) is 0 Å². The van der Waals surface area contributed by atoms with Crippen molar-refractivity contribution in [1.82, 2.24) is 10.6 Å². The molecule has 4 heteroatoms. The molecular weight excluding hydrogens is 232 g/mol. The summed E-state index contributed by atoms with van der Waals surface area (Å²) < 4.78 is 0.279. The van der Waals surface area contributed by atoms with Crippen LogP contribution in [-0.4, -0.2) is 29.1 Å². The fourth-order valence-electron chi connectivity index (χ4n) is 2.01. The molecule has 0 bridgehead atoms. The first-order chi connectivity index (χ1) is 7.97. The molecule has 1 aliphatic carbocycles. The summed E-state index contributed by atoms with van der Waals surface area (Å²) in [6.45, 7) is 7.33. The Morgan fingerprint density at radius 1 is 1.24 bits per heavy atom. The Kier molecular flexibility index (Phi) is 6.17. The van der Waals surface area contributed by atoms with Gasteiger partial charge >= 0.3 is 6.03 Å². The number of hydrogen-bond acceptors (Lipinski definition) is 2. The van der Waals surface area contributed by atoms with Crippen LogP contribution in [0.4, 0.5) is 4.79 Å². The Balaban J connectivity index is 2.04. The minimum absolute atomic E-state index is 0.00593. The number of amides is 2. The van der Waals surface area contributed by atoms with Crippen LogP contribution >= 0.6 is 11.8 Å². The summed E-state index contributed by atoms with van der Waals surface area (Å²) in [5.74, 6) is 0.974. The zero-order chi connectivity index (χ0) is 12.7. The van der Waals surface area contributed by atoms with E-state index in [0.29, 0.717) is 6.04 Å². The molecule has 0 heterocycles. The van der Waals surface area contributed by atoms with Crippen LogP contribution in [-0.2, 0) is 0 Å². The molecule has 1 fully saturated rings. The van der Waals surface area contributed by atoms with Crippen LogP contribution < -0.4 is 10.6 Å². The molecule has 0 atom stereocenters. The van der Waals surface area contributed by atoms with Crippen LogP contribution in [0.2, 0.25) is 0 Å². The minimum Gasteiger partial charge on any atom is -0.337 e. The lowest BCUT2D eigenvalue weighted by Crippen LogP contribution is -2.43. The topological polar surface area (TPSA) is 41.1 Å². The van der Waals surface area contributed by atoms with Crippen molar-refractivity contribution in [1.29, 1.82) is 0 Å². The fourth-order valence-corrected chi connectivity index (χ4v) is 2.82. The van der Waals surface area contributed by atoms with Gasteiger partial charge in [-0.25, -0.2) is 4.79 Å². The predicted octanol–water partition coefficient (Wildman–Crippen LogP) is 3.15. The van der Waals surface area contributed by atoms with Crippen LogP contribution in [0.25, 0.3) is 0 Å². The number of carbonyl (C=O) groups excluding carboxylic acids is 1. The van der Waals surface area contributed by atoms with E-state index in [4.69, 9.17) is 0 Å². The van der Waals surface area contributed by atoms with Gasteiger partial charge in [0.15, 0.2) is 0 Å². The maximum atomic E-state index is 11.6. The van der Waals surface area contributed by atoms with E-state index in [-0.39, 0.29) is 10.8 Å². The predicted molar refractivity (Wildman–Crippen MR) is 75.6 cm³/mol. The van der Waals surface area contributed by atoms with E-state index in [1.807, 2.05) is 11.8 Å². The summed E-state index contributed by atoms with van der Waals surface area (Å²) in [6, 6.07) is 0.408. The van der Waals surface area contributed by atoms with Gasteiger partial charge in [-0.15, -0.1) is 0 Å². The number of carbonyl (C=O) groups is 1. The maximum Gasteiger partial charge on any atom is 0.315 e. The first-order valence-corrected chi connectivity index (χ1v) is 7.64. The number of rotatable bonds is 4. The monoisotopic (exact) mass is 258 g/mol. The van der Waals surface area contributed by atoms with Gasteiger partial charge in [-0.2, -0.15) is 11.8 Å². The van der Waals surface area contributed by atoms with E-state index in [2.05, 4.69) is 31.4 Å². The van der Waals surface area contributed by atoms with Crippen molar-refractivity contribution in [3.63, 3.8) is 0 Å². The second-order valence-corrected chi connectivity index (χ2v) is 7.62. The summed E-state index contributed by atoms with van der Waals surface area (Å²) in [4.78, 5) is 11.6. The van der Waals surface area contributed by atoms with E-state index >= 15 is 0 Å². The van der Waals surface area contributed by atoms with Gasteiger partial charge < -0.3 is 10.6 Å². The SMILES string of the molecule is CC(C)(C)SCCNC(=O)NC1CCCCC1. The largest absolute Gasteiger partial charge is 0.337 e. The molecule has 0 aromatic rings. The molecule has 17 heavy (non-hydrogen) atoms. The molecule has 0 aromatic heterocycles. The Bertz CT molecular complexity index is 232. The normalized spacial score (nSPS) is 17.8. The molecular formula is C13H26N2OS. The van der Waals surface area contributed by atoms with E-state index in [9.17, 15) is 4.79 Å². The quantitative estimate of drug-likeness (QED) is 0.761. The molecule has 2 amide bonds. The molecule has 0 spiro atoms. The molecule has 0 saturated heterocycles. The highest BCUT2D eigenvalue weighted by molar-refractivity contribution is 8.00. The molecule has 100 valence electrons. The molecule has 2 N–H and O–H groups in total. The Morgan fingerprint density at radius 2 is 1.88 bits per heavy atom. The molecule has 0 radical (unpaired) electrons. The van der Waals surface area contributed by atoms with E-state index in [1.54, 1.807) is 0 Å². The van der Waals surface area contributed by atoms with Gasteiger partial charge in [0.1, 0.15) is 0 Å². The summed E-state index contributed by atoms with van der Waals surface area (Å²) in [5, 5.41) is 5.99. The highest BCUT2D eigenvalue weighted by atomic mass is 32.2. The number of thioether (sulfide) groups is 1. The number of nitrogens with one attached hydrogen (secondary N) is 2. The van der Waals surface area contributed by atoms with Gasteiger partial charge in [-0.3, -0.25) is 0 Å². The second-order valence-electron chi connectivity index (χ2n) is 5.70. The highest BCUT2D eigenvalue weighted by Crippen LogP contribution is 2.22. The Morgan fingerprint density at radius 3 is 2.47 bits per heavy atom. The van der Waals surface area contributed by atoms with Crippen molar-refractivity contribution in [2.45, 2.75) is 63.7 Å². The number of urea groups is 1. The highest BCUT2D eigenvalue weighted by Gasteiger charge is 2.15. The van der Waals surface area contributed by atoms with Crippen molar-refractivity contribution in [3.05, 3.63) is 0 Å². The Labute approximate surface area is 109 Å². The third-order valence-corrected chi connectivity index (χ3v) is 4.14. The van der Waals surface area contributed by atoms with Crippen molar-refractivity contribution >= 4 is 17.8 Å². The Hall–Kier alpha value is -0.380. The van der Waals surface area contributed by atoms with Crippen LogP contribution in [0.3, 0.4) is 0 Å². The molecule has 0 aliphatic heterocycles. The zero-order valence-corrected chi connectivity index (χ0v) is 12.2. The summed E-state index contributed by atoms with van der Waals surface area (Å²) >= 11 is 1.88. The first-order valence-electron chi connectivity index (χ1n) is 6.66. The maximum absolute atomic E-state index is 11.6. The van der Waals surface area contributed by atoms with Crippen LogP contribution in [0.15, 0.2) is 0 Å². The second kappa shape index (κ2) is 7.14. The number of hydrogen-bond donors (Lipinski definition) is 2. The third-order valence-electron chi connectivity index (χ3n) is 2.86. The third kappa shape index (κ3) is 7.53.